The summed E-state index contributed by atoms with van der Waals surface area (Å²) >= 11 is 2.17. The molecule has 1 heterocycles. The van der Waals surface area contributed by atoms with Crippen molar-refractivity contribution in [2.45, 2.75) is 13.5 Å². The first-order chi connectivity index (χ1) is 7.74. The molecule has 2 aromatic rings. The third-order valence-corrected chi connectivity index (χ3v) is 3.31. The van der Waals surface area contributed by atoms with E-state index in [0.29, 0.717) is 12.2 Å². The Bertz CT molecular complexity index is 519. The molecule has 0 saturated carbocycles. The van der Waals surface area contributed by atoms with Crippen molar-refractivity contribution in [3.8, 4) is 0 Å². The summed E-state index contributed by atoms with van der Waals surface area (Å²) < 4.78 is 2.68. The summed E-state index contributed by atoms with van der Waals surface area (Å²) in [6, 6.07) is 9.34. The fraction of sp³-hybridized carbons (Fsp3) is 0.167. The lowest BCUT2D eigenvalue weighted by atomic mass is 10.1. The van der Waals surface area contributed by atoms with Crippen LogP contribution in [0.2, 0.25) is 0 Å². The molecular weight excluding hydrogens is 315 g/mol. The molecule has 82 valence electrons. The van der Waals surface area contributed by atoms with Gasteiger partial charge in [0.05, 0.1) is 0 Å². The SMILES string of the molecule is CCn1nccc1C(=O)c1ccccc1I. The third-order valence-electron chi connectivity index (χ3n) is 2.37. The highest BCUT2D eigenvalue weighted by atomic mass is 127. The molecule has 16 heavy (non-hydrogen) atoms. The van der Waals surface area contributed by atoms with Gasteiger partial charge < -0.3 is 0 Å². The third kappa shape index (κ3) is 2.02. The minimum atomic E-state index is 0.0318. The van der Waals surface area contributed by atoms with E-state index in [1.54, 1.807) is 16.9 Å². The van der Waals surface area contributed by atoms with E-state index in [1.165, 1.54) is 0 Å². The Kier molecular flexibility index (Phi) is 3.38. The highest BCUT2D eigenvalue weighted by molar-refractivity contribution is 14.1. The lowest BCUT2D eigenvalue weighted by Gasteiger charge is -2.05. The minimum absolute atomic E-state index is 0.0318. The van der Waals surface area contributed by atoms with Gasteiger partial charge >= 0.3 is 0 Å². The smallest absolute Gasteiger partial charge is 0.212 e. The van der Waals surface area contributed by atoms with Crippen molar-refractivity contribution in [2.24, 2.45) is 0 Å². The molecule has 0 aliphatic carbocycles. The standard InChI is InChI=1S/C12H11IN2O/c1-2-15-11(7-8-14-15)12(16)9-5-3-4-6-10(9)13/h3-8H,2H2,1H3. The number of aryl methyl sites for hydroxylation is 1. The first kappa shape index (κ1) is 11.3. The van der Waals surface area contributed by atoms with Crippen LogP contribution in [0.25, 0.3) is 0 Å². The molecule has 1 aromatic heterocycles. The number of hydrogen-bond donors (Lipinski definition) is 0. The van der Waals surface area contributed by atoms with Crippen LogP contribution in [0.4, 0.5) is 0 Å². The molecule has 1 aromatic carbocycles. The lowest BCUT2D eigenvalue weighted by molar-refractivity contribution is 0.102. The summed E-state index contributed by atoms with van der Waals surface area (Å²) in [6.07, 6.45) is 1.66. The Hall–Kier alpha value is -1.17. The number of ketones is 1. The van der Waals surface area contributed by atoms with Crippen LogP contribution in [0, 0.1) is 3.57 Å². The van der Waals surface area contributed by atoms with Gasteiger partial charge in [-0.3, -0.25) is 9.48 Å². The second-order valence-electron chi connectivity index (χ2n) is 3.34. The largest absolute Gasteiger partial charge is 0.287 e. The number of nitrogens with zero attached hydrogens (tertiary/aromatic N) is 2. The Balaban J connectivity index is 2.44. The maximum Gasteiger partial charge on any atom is 0.212 e. The van der Waals surface area contributed by atoms with E-state index in [-0.39, 0.29) is 5.78 Å². The average molecular weight is 326 g/mol. The molecule has 0 aliphatic heterocycles. The summed E-state index contributed by atoms with van der Waals surface area (Å²) in [5, 5.41) is 4.10. The van der Waals surface area contributed by atoms with Crippen molar-refractivity contribution in [1.82, 2.24) is 9.78 Å². The maximum absolute atomic E-state index is 12.2. The number of aromatic nitrogens is 2. The molecule has 3 nitrogen and oxygen atoms in total. The molecule has 0 radical (unpaired) electrons. The van der Waals surface area contributed by atoms with Crippen molar-refractivity contribution >= 4 is 28.4 Å². The average Bonchev–Trinajstić information content (AvgIpc) is 2.77. The number of carbonyl (C=O) groups is 1. The van der Waals surface area contributed by atoms with Crippen molar-refractivity contribution in [3.05, 3.63) is 51.4 Å². The molecule has 2 rings (SSSR count). The first-order valence-corrected chi connectivity index (χ1v) is 6.13. The van der Waals surface area contributed by atoms with Crippen LogP contribution in [0.5, 0.6) is 0 Å². The summed E-state index contributed by atoms with van der Waals surface area (Å²) in [4.78, 5) is 12.2. The minimum Gasteiger partial charge on any atom is -0.287 e. The zero-order chi connectivity index (χ0) is 11.5. The monoisotopic (exact) mass is 326 g/mol. The maximum atomic E-state index is 12.2. The Morgan fingerprint density at radius 1 is 1.38 bits per heavy atom. The second kappa shape index (κ2) is 4.78. The lowest BCUT2D eigenvalue weighted by Crippen LogP contribution is -2.11. The van der Waals surface area contributed by atoms with Gasteiger partial charge in [-0.2, -0.15) is 5.10 Å². The van der Waals surface area contributed by atoms with Crippen molar-refractivity contribution < 1.29 is 4.79 Å². The van der Waals surface area contributed by atoms with Gasteiger partial charge in [-0.05, 0) is 47.7 Å². The predicted octanol–water partition coefficient (Wildman–Crippen LogP) is 2.74. The highest BCUT2D eigenvalue weighted by Gasteiger charge is 2.15. The van der Waals surface area contributed by atoms with Crippen LogP contribution in [-0.2, 0) is 6.54 Å². The fourth-order valence-electron chi connectivity index (χ4n) is 1.56. The fourth-order valence-corrected chi connectivity index (χ4v) is 2.19. The Labute approximate surface area is 108 Å². The molecule has 0 amide bonds. The van der Waals surface area contributed by atoms with Crippen LogP contribution in [-0.4, -0.2) is 15.6 Å². The van der Waals surface area contributed by atoms with Crippen LogP contribution in [0.15, 0.2) is 36.5 Å². The molecule has 0 bridgehead atoms. The molecule has 0 atom stereocenters. The molecule has 4 heteroatoms. The van der Waals surface area contributed by atoms with Gasteiger partial charge in [0.25, 0.3) is 0 Å². The van der Waals surface area contributed by atoms with E-state index in [0.717, 1.165) is 9.13 Å². The van der Waals surface area contributed by atoms with Gasteiger partial charge in [0.1, 0.15) is 5.69 Å². The number of halogens is 1. The quantitative estimate of drug-likeness (QED) is 0.642. The highest BCUT2D eigenvalue weighted by Crippen LogP contribution is 2.16. The molecular formula is C12H11IN2O. The number of hydrogen-bond acceptors (Lipinski definition) is 2. The van der Waals surface area contributed by atoms with Crippen LogP contribution in [0.3, 0.4) is 0 Å². The molecule has 0 saturated heterocycles. The predicted molar refractivity (Wildman–Crippen MR) is 70.5 cm³/mol. The second-order valence-corrected chi connectivity index (χ2v) is 4.50. The topological polar surface area (TPSA) is 34.9 Å². The molecule has 0 unspecified atom stereocenters. The molecule has 0 fully saturated rings. The van der Waals surface area contributed by atoms with Gasteiger partial charge in [-0.15, -0.1) is 0 Å². The summed E-state index contributed by atoms with van der Waals surface area (Å²) in [5.74, 6) is 0.0318. The summed E-state index contributed by atoms with van der Waals surface area (Å²) in [6.45, 7) is 2.68. The van der Waals surface area contributed by atoms with Crippen molar-refractivity contribution in [2.75, 3.05) is 0 Å². The van der Waals surface area contributed by atoms with E-state index in [1.807, 2.05) is 31.2 Å². The van der Waals surface area contributed by atoms with Gasteiger partial charge in [0.15, 0.2) is 0 Å². The van der Waals surface area contributed by atoms with Gasteiger partial charge in [-0.25, -0.2) is 0 Å². The zero-order valence-electron chi connectivity index (χ0n) is 8.85. The molecule has 0 spiro atoms. The Morgan fingerprint density at radius 3 is 2.81 bits per heavy atom. The van der Waals surface area contributed by atoms with Gasteiger partial charge in [0, 0.05) is 21.9 Å². The van der Waals surface area contributed by atoms with Crippen molar-refractivity contribution in [1.29, 1.82) is 0 Å². The first-order valence-electron chi connectivity index (χ1n) is 5.05. The molecule has 0 N–H and O–H groups in total. The Morgan fingerprint density at radius 2 is 2.12 bits per heavy atom. The van der Waals surface area contributed by atoms with E-state index in [2.05, 4.69) is 27.7 Å². The number of carbonyl (C=O) groups excluding carboxylic acids is 1. The van der Waals surface area contributed by atoms with E-state index < -0.39 is 0 Å². The normalized spacial score (nSPS) is 10.4. The number of rotatable bonds is 3. The summed E-state index contributed by atoms with van der Waals surface area (Å²) in [7, 11) is 0. The van der Waals surface area contributed by atoms with Crippen LogP contribution in [0.1, 0.15) is 23.0 Å². The van der Waals surface area contributed by atoms with Gasteiger partial charge in [0.2, 0.25) is 5.78 Å². The van der Waals surface area contributed by atoms with E-state index >= 15 is 0 Å². The van der Waals surface area contributed by atoms with Crippen molar-refractivity contribution in [3.63, 3.8) is 0 Å². The van der Waals surface area contributed by atoms with E-state index in [4.69, 9.17) is 0 Å². The summed E-state index contributed by atoms with van der Waals surface area (Å²) in [5.41, 5.74) is 1.38. The van der Waals surface area contributed by atoms with E-state index in [9.17, 15) is 4.79 Å². The number of benzene rings is 1. The van der Waals surface area contributed by atoms with Crippen LogP contribution >= 0.6 is 22.6 Å². The molecule has 0 aliphatic rings. The zero-order valence-corrected chi connectivity index (χ0v) is 11.0. The van der Waals surface area contributed by atoms with Gasteiger partial charge in [-0.1, -0.05) is 12.1 Å². The van der Waals surface area contributed by atoms with Crippen LogP contribution < -0.4 is 0 Å².